The summed E-state index contributed by atoms with van der Waals surface area (Å²) < 4.78 is 51.4. The lowest BCUT2D eigenvalue weighted by Crippen LogP contribution is -2.43. The van der Waals surface area contributed by atoms with Gasteiger partial charge in [0.1, 0.15) is 24.0 Å². The zero-order chi connectivity index (χ0) is 26.7. The Kier molecular flexibility index (Phi) is 8.52. The number of H-pyrrole nitrogens is 1. The number of ether oxygens (including phenoxy) is 2. The smallest absolute Gasteiger partial charge is 0.459 e. The first kappa shape index (κ1) is 27.8. The number of halogens is 1. The summed E-state index contributed by atoms with van der Waals surface area (Å²) >= 11 is 0. The second-order valence-electron chi connectivity index (χ2n) is 8.67. The Morgan fingerprint density at radius 2 is 1.94 bits per heavy atom. The summed E-state index contributed by atoms with van der Waals surface area (Å²) in [6.07, 6.45) is -4.21. The number of nitrogens with zero attached hydrogens (tertiary/aromatic N) is 1. The molecule has 1 unspecified atom stereocenters. The lowest BCUT2D eigenvalue weighted by atomic mass is 9.98. The minimum atomic E-state index is -4.30. The molecule has 12 nitrogen and oxygen atoms in total. The van der Waals surface area contributed by atoms with Gasteiger partial charge >= 0.3 is 19.4 Å². The Bertz CT molecular complexity index is 1220. The maximum atomic E-state index is 15.4. The summed E-state index contributed by atoms with van der Waals surface area (Å²) in [4.78, 5) is 37.7. The molecule has 0 saturated carbocycles. The average molecular weight is 529 g/mol. The number of aromatic amines is 1. The van der Waals surface area contributed by atoms with Gasteiger partial charge in [-0.25, -0.2) is 13.8 Å². The van der Waals surface area contributed by atoms with Crippen molar-refractivity contribution in [1.29, 1.82) is 0 Å². The molecule has 1 saturated heterocycles. The normalized spacial score (nSPS) is 26.4. The molecule has 1 aromatic carbocycles. The number of nitrogens with one attached hydrogen (secondary N) is 2. The molecule has 2 heterocycles. The second-order valence-corrected chi connectivity index (χ2v) is 10.4. The lowest BCUT2D eigenvalue weighted by Gasteiger charge is -2.25. The van der Waals surface area contributed by atoms with Crippen LogP contribution in [-0.2, 0) is 23.4 Å². The van der Waals surface area contributed by atoms with Gasteiger partial charge in [-0.2, -0.15) is 5.09 Å². The first-order valence-corrected chi connectivity index (χ1v) is 12.7. The monoisotopic (exact) mass is 529 g/mol. The van der Waals surface area contributed by atoms with Gasteiger partial charge in [-0.15, -0.1) is 0 Å². The molecular weight excluding hydrogens is 500 g/mol. The number of para-hydroxylation sites is 1. The number of aliphatic hydroxyl groups is 1. The largest absolute Gasteiger partial charge is 0.462 e. The van der Waals surface area contributed by atoms with Gasteiger partial charge in [-0.3, -0.25) is 23.7 Å². The number of aliphatic hydroxyl groups excluding tert-OH is 1. The van der Waals surface area contributed by atoms with Crippen LogP contribution < -0.4 is 20.9 Å². The van der Waals surface area contributed by atoms with Crippen molar-refractivity contribution in [3.8, 4) is 5.75 Å². The highest BCUT2D eigenvalue weighted by atomic mass is 31.2. The number of benzene rings is 1. The minimum absolute atomic E-state index is 0.152. The summed E-state index contributed by atoms with van der Waals surface area (Å²) in [6.45, 7) is 5.07. The van der Waals surface area contributed by atoms with E-state index in [2.05, 4.69) is 5.09 Å². The molecule has 3 N–H and O–H groups in total. The van der Waals surface area contributed by atoms with Crippen molar-refractivity contribution in [2.45, 2.75) is 63.9 Å². The van der Waals surface area contributed by atoms with E-state index in [1.165, 1.54) is 19.1 Å². The summed E-state index contributed by atoms with van der Waals surface area (Å²) in [7, 11) is -4.30. The molecule has 0 radical (unpaired) electrons. The van der Waals surface area contributed by atoms with Crippen LogP contribution >= 0.6 is 7.75 Å². The van der Waals surface area contributed by atoms with Gasteiger partial charge in [-0.05, 0) is 39.8 Å². The van der Waals surface area contributed by atoms with E-state index in [9.17, 15) is 24.1 Å². The number of carbonyl (C=O) groups excluding carboxylic acids is 1. The van der Waals surface area contributed by atoms with Crippen LogP contribution in [0.4, 0.5) is 4.39 Å². The molecule has 6 atom stereocenters. The van der Waals surface area contributed by atoms with Crippen molar-refractivity contribution in [3.63, 3.8) is 0 Å². The minimum Gasteiger partial charge on any atom is -0.462 e. The van der Waals surface area contributed by atoms with Crippen molar-refractivity contribution >= 4 is 13.7 Å². The van der Waals surface area contributed by atoms with E-state index in [0.29, 0.717) is 0 Å². The fraction of sp³-hybridized carbons (Fsp3) is 0.500. The van der Waals surface area contributed by atoms with Crippen molar-refractivity contribution in [2.75, 3.05) is 6.61 Å². The SMILES string of the molecule is CC(C)OC(=O)[C@@H](C)N[P@](=O)(OCC1O[C@@H](n2ccc(=O)[nH]c2=O)[C@](C)(F)[C@@H]1O)Oc1ccccc1. The van der Waals surface area contributed by atoms with Crippen LogP contribution in [0.2, 0.25) is 0 Å². The maximum absolute atomic E-state index is 15.4. The topological polar surface area (TPSA) is 158 Å². The molecule has 198 valence electrons. The first-order chi connectivity index (χ1) is 16.8. The molecule has 0 spiro atoms. The molecule has 36 heavy (non-hydrogen) atoms. The number of alkyl halides is 1. The standard InChI is InChI=1S/C22H29FN3O9P/c1-13(2)33-19(29)14(3)25-36(31,35-15-8-6-5-7-9-15)32-12-16-18(28)22(4,23)20(34-16)26-11-10-17(27)24-21(26)30/h5-11,13-14,16,18,20,28H,12H2,1-4H3,(H,25,31)(H,24,27,30)/t14-,16?,18-,20-,22-,36+/m1/s1. The number of aromatic nitrogens is 2. The van der Waals surface area contributed by atoms with E-state index in [1.54, 1.807) is 32.0 Å². The van der Waals surface area contributed by atoms with E-state index in [-0.39, 0.29) is 5.75 Å². The first-order valence-electron chi connectivity index (χ1n) is 11.1. The van der Waals surface area contributed by atoms with E-state index < -0.39 is 67.8 Å². The fourth-order valence-corrected chi connectivity index (χ4v) is 4.97. The highest BCUT2D eigenvalue weighted by Crippen LogP contribution is 2.47. The summed E-state index contributed by atoms with van der Waals surface area (Å²) in [5.74, 6) is -0.560. The van der Waals surface area contributed by atoms with Crippen molar-refractivity contribution in [2.24, 2.45) is 0 Å². The molecule has 1 fully saturated rings. The van der Waals surface area contributed by atoms with Gasteiger partial charge in [0.2, 0.25) is 0 Å². The van der Waals surface area contributed by atoms with E-state index in [4.69, 9.17) is 18.5 Å². The summed E-state index contributed by atoms with van der Waals surface area (Å²) in [5.41, 5.74) is -4.12. The molecule has 0 aliphatic carbocycles. The van der Waals surface area contributed by atoms with Crippen LogP contribution in [0.3, 0.4) is 0 Å². The van der Waals surface area contributed by atoms with E-state index in [1.807, 2.05) is 4.98 Å². The van der Waals surface area contributed by atoms with Crippen LogP contribution in [0, 0.1) is 0 Å². The third-order valence-corrected chi connectivity index (χ3v) is 6.90. The second kappa shape index (κ2) is 11.1. The van der Waals surface area contributed by atoms with Crippen molar-refractivity contribution < 1.29 is 37.4 Å². The van der Waals surface area contributed by atoms with Crippen LogP contribution in [0.1, 0.15) is 33.9 Å². The molecule has 0 amide bonds. The molecule has 2 aromatic rings. The number of hydrogen-bond donors (Lipinski definition) is 3. The summed E-state index contributed by atoms with van der Waals surface area (Å²) in [6, 6.07) is 7.86. The molecule has 3 rings (SSSR count). The van der Waals surface area contributed by atoms with E-state index in [0.717, 1.165) is 23.8 Å². The predicted molar refractivity (Wildman–Crippen MR) is 125 cm³/mol. The van der Waals surface area contributed by atoms with Gasteiger partial charge in [-0.1, -0.05) is 18.2 Å². The number of esters is 1. The average Bonchev–Trinajstić information content (AvgIpc) is 3.01. The zero-order valence-corrected chi connectivity index (χ0v) is 21.0. The highest BCUT2D eigenvalue weighted by molar-refractivity contribution is 7.52. The van der Waals surface area contributed by atoms with Gasteiger partial charge in [0.05, 0.1) is 12.7 Å². The zero-order valence-electron chi connectivity index (χ0n) is 20.1. The van der Waals surface area contributed by atoms with Crippen molar-refractivity contribution in [1.82, 2.24) is 14.6 Å². The van der Waals surface area contributed by atoms with Gasteiger partial charge in [0.15, 0.2) is 11.9 Å². The Balaban J connectivity index is 1.80. The highest BCUT2D eigenvalue weighted by Gasteiger charge is 2.55. The number of hydrogen-bond acceptors (Lipinski definition) is 9. The third kappa shape index (κ3) is 6.48. The number of carbonyl (C=O) groups is 1. The van der Waals surface area contributed by atoms with Gasteiger partial charge < -0.3 is 19.1 Å². The molecule has 14 heteroatoms. The van der Waals surface area contributed by atoms with Crippen LogP contribution in [0.25, 0.3) is 0 Å². The molecule has 1 aromatic heterocycles. The Labute approximate surface area is 205 Å². The predicted octanol–water partition coefficient (Wildman–Crippen LogP) is 1.66. The van der Waals surface area contributed by atoms with Gasteiger partial charge in [0.25, 0.3) is 5.56 Å². The number of rotatable bonds is 10. The molecule has 1 aliphatic heterocycles. The van der Waals surface area contributed by atoms with Gasteiger partial charge in [0, 0.05) is 12.3 Å². The van der Waals surface area contributed by atoms with Crippen LogP contribution in [-0.4, -0.2) is 57.3 Å². The summed E-state index contributed by atoms with van der Waals surface area (Å²) in [5, 5.41) is 13.0. The Morgan fingerprint density at radius 1 is 1.28 bits per heavy atom. The fourth-order valence-electron chi connectivity index (χ4n) is 3.47. The van der Waals surface area contributed by atoms with Crippen molar-refractivity contribution in [3.05, 3.63) is 63.4 Å². The van der Waals surface area contributed by atoms with Crippen LogP contribution in [0.5, 0.6) is 5.75 Å². The van der Waals surface area contributed by atoms with E-state index >= 15 is 4.39 Å². The molecular formula is C22H29FN3O9P. The Hall–Kier alpha value is -2.83. The third-order valence-electron chi connectivity index (χ3n) is 5.26. The van der Waals surface area contributed by atoms with Crippen LogP contribution in [0.15, 0.2) is 52.2 Å². The lowest BCUT2D eigenvalue weighted by molar-refractivity contribution is -0.149. The molecule has 0 bridgehead atoms. The quantitative estimate of drug-likeness (QED) is 0.305. The molecule has 1 aliphatic rings. The maximum Gasteiger partial charge on any atom is 0.459 e. The Morgan fingerprint density at radius 3 is 2.56 bits per heavy atom.